The van der Waals surface area contributed by atoms with Gasteiger partial charge in [0, 0.05) is 0 Å². The van der Waals surface area contributed by atoms with Crippen LogP contribution in [0.1, 0.15) is 18.0 Å². The number of halogens is 1. The van der Waals surface area contributed by atoms with Crippen LogP contribution in [-0.4, -0.2) is 23.8 Å². The van der Waals surface area contributed by atoms with Crippen LogP contribution in [0.5, 0.6) is 0 Å². The Hall–Kier alpha value is -2.37. The van der Waals surface area contributed by atoms with Crippen LogP contribution in [0, 0.1) is 5.82 Å². The Morgan fingerprint density at radius 1 is 1.42 bits per heavy atom. The number of nitrogens with one attached hydrogen (secondary N) is 1. The van der Waals surface area contributed by atoms with Crippen molar-refractivity contribution in [1.82, 2.24) is 5.32 Å². The van der Waals surface area contributed by atoms with Crippen molar-refractivity contribution in [3.05, 3.63) is 48.3 Å². The van der Waals surface area contributed by atoms with E-state index in [0.29, 0.717) is 5.56 Å². The van der Waals surface area contributed by atoms with E-state index in [2.05, 4.69) is 11.9 Å². The van der Waals surface area contributed by atoms with Gasteiger partial charge in [0.1, 0.15) is 12.4 Å². The second-order valence-corrected chi connectivity index (χ2v) is 3.73. The molecule has 1 rings (SSSR count). The molecule has 0 saturated heterocycles. The first-order valence-electron chi connectivity index (χ1n) is 5.54. The van der Waals surface area contributed by atoms with Crippen molar-refractivity contribution in [2.24, 2.45) is 0 Å². The van der Waals surface area contributed by atoms with Crippen LogP contribution in [0.4, 0.5) is 9.18 Å². The summed E-state index contributed by atoms with van der Waals surface area (Å²) < 4.78 is 17.5. The molecule has 0 spiro atoms. The zero-order valence-electron chi connectivity index (χ0n) is 10.1. The van der Waals surface area contributed by atoms with Gasteiger partial charge in [-0.25, -0.2) is 9.18 Å². The van der Waals surface area contributed by atoms with E-state index in [4.69, 9.17) is 9.84 Å². The SMILES string of the molecule is C=CCOC(=O)NC(CC(=O)O)c1ccc(F)cc1. The van der Waals surface area contributed by atoms with Crippen LogP contribution in [0.25, 0.3) is 0 Å². The lowest BCUT2D eigenvalue weighted by atomic mass is 10.0. The van der Waals surface area contributed by atoms with E-state index >= 15 is 0 Å². The highest BCUT2D eigenvalue weighted by molar-refractivity contribution is 5.72. The molecule has 0 aliphatic carbocycles. The van der Waals surface area contributed by atoms with Crippen molar-refractivity contribution in [3.8, 4) is 0 Å². The molecule has 0 heterocycles. The largest absolute Gasteiger partial charge is 0.481 e. The van der Waals surface area contributed by atoms with Crippen LogP contribution in [-0.2, 0) is 9.53 Å². The molecule has 1 aromatic rings. The zero-order valence-corrected chi connectivity index (χ0v) is 10.1. The number of aliphatic carboxylic acids is 1. The maximum Gasteiger partial charge on any atom is 0.407 e. The van der Waals surface area contributed by atoms with Crippen molar-refractivity contribution in [2.75, 3.05) is 6.61 Å². The number of carbonyl (C=O) groups is 2. The normalized spacial score (nSPS) is 11.4. The van der Waals surface area contributed by atoms with Gasteiger partial charge in [0.15, 0.2) is 0 Å². The van der Waals surface area contributed by atoms with Crippen LogP contribution in [0.2, 0.25) is 0 Å². The quantitative estimate of drug-likeness (QED) is 0.775. The van der Waals surface area contributed by atoms with Gasteiger partial charge >= 0.3 is 12.1 Å². The van der Waals surface area contributed by atoms with Gasteiger partial charge in [-0.05, 0) is 17.7 Å². The minimum absolute atomic E-state index is 0.0229. The molecular formula is C13H14FNO4. The number of carboxylic acid groups (broad SMARTS) is 1. The van der Waals surface area contributed by atoms with Gasteiger partial charge in [-0.1, -0.05) is 24.8 Å². The highest BCUT2D eigenvalue weighted by Gasteiger charge is 2.18. The van der Waals surface area contributed by atoms with Gasteiger partial charge in [-0.3, -0.25) is 4.79 Å². The van der Waals surface area contributed by atoms with Gasteiger partial charge in [-0.15, -0.1) is 0 Å². The van der Waals surface area contributed by atoms with E-state index in [1.807, 2.05) is 0 Å². The predicted molar refractivity (Wildman–Crippen MR) is 66.1 cm³/mol. The highest BCUT2D eigenvalue weighted by Crippen LogP contribution is 2.17. The molecule has 1 atom stereocenters. The maximum atomic E-state index is 12.8. The minimum Gasteiger partial charge on any atom is -0.481 e. The Morgan fingerprint density at radius 3 is 2.58 bits per heavy atom. The Morgan fingerprint density at radius 2 is 2.05 bits per heavy atom. The van der Waals surface area contributed by atoms with E-state index in [0.717, 1.165) is 0 Å². The number of ether oxygens (including phenoxy) is 1. The van der Waals surface area contributed by atoms with Crippen molar-refractivity contribution in [2.45, 2.75) is 12.5 Å². The molecule has 19 heavy (non-hydrogen) atoms. The number of alkyl carbamates (subject to hydrolysis) is 1. The number of amides is 1. The third-order valence-corrected chi connectivity index (χ3v) is 2.28. The second-order valence-electron chi connectivity index (χ2n) is 3.73. The first-order chi connectivity index (χ1) is 9.02. The molecule has 0 bridgehead atoms. The Kier molecular flexibility index (Phi) is 5.53. The fraction of sp³-hybridized carbons (Fsp3) is 0.231. The van der Waals surface area contributed by atoms with Crippen LogP contribution >= 0.6 is 0 Å². The van der Waals surface area contributed by atoms with Gasteiger partial charge < -0.3 is 15.2 Å². The molecule has 2 N–H and O–H groups in total. The predicted octanol–water partition coefficient (Wildman–Crippen LogP) is 2.25. The smallest absolute Gasteiger partial charge is 0.407 e. The molecular weight excluding hydrogens is 253 g/mol. The number of benzene rings is 1. The summed E-state index contributed by atoms with van der Waals surface area (Å²) in [4.78, 5) is 22.1. The van der Waals surface area contributed by atoms with Crippen molar-refractivity contribution < 1.29 is 23.8 Å². The first kappa shape index (κ1) is 14.7. The lowest BCUT2D eigenvalue weighted by Crippen LogP contribution is -2.30. The molecule has 0 aliphatic heterocycles. The Bertz CT molecular complexity index is 458. The third-order valence-electron chi connectivity index (χ3n) is 2.28. The number of hydrogen-bond donors (Lipinski definition) is 2. The fourth-order valence-corrected chi connectivity index (χ4v) is 1.44. The molecule has 0 radical (unpaired) electrons. The summed E-state index contributed by atoms with van der Waals surface area (Å²) in [5, 5.41) is 11.2. The summed E-state index contributed by atoms with van der Waals surface area (Å²) >= 11 is 0. The van der Waals surface area contributed by atoms with Crippen LogP contribution in [0.3, 0.4) is 0 Å². The monoisotopic (exact) mass is 267 g/mol. The van der Waals surface area contributed by atoms with Gasteiger partial charge in [0.2, 0.25) is 0 Å². The van der Waals surface area contributed by atoms with E-state index in [1.165, 1.54) is 30.3 Å². The zero-order chi connectivity index (χ0) is 14.3. The maximum absolute atomic E-state index is 12.8. The molecule has 1 amide bonds. The number of carbonyl (C=O) groups excluding carboxylic acids is 1. The average molecular weight is 267 g/mol. The van der Waals surface area contributed by atoms with E-state index < -0.39 is 23.9 Å². The standard InChI is InChI=1S/C13H14FNO4/c1-2-7-19-13(18)15-11(8-12(16)17)9-3-5-10(14)6-4-9/h2-6,11H,1,7-8H2,(H,15,18)(H,16,17). The summed E-state index contributed by atoms with van der Waals surface area (Å²) in [7, 11) is 0. The molecule has 1 unspecified atom stereocenters. The molecule has 0 saturated carbocycles. The fourth-order valence-electron chi connectivity index (χ4n) is 1.44. The van der Waals surface area contributed by atoms with Crippen molar-refractivity contribution in [3.63, 3.8) is 0 Å². The third kappa shape index (κ3) is 5.20. The summed E-state index contributed by atoms with van der Waals surface area (Å²) in [6.07, 6.45) is 0.314. The molecule has 0 fully saturated rings. The minimum atomic E-state index is -1.08. The number of rotatable bonds is 6. The molecule has 6 heteroatoms. The number of carboxylic acids is 1. The van der Waals surface area contributed by atoms with Gasteiger partial charge in [0.25, 0.3) is 0 Å². The molecule has 5 nitrogen and oxygen atoms in total. The summed E-state index contributed by atoms with van der Waals surface area (Å²) in [5.74, 6) is -1.52. The first-order valence-corrected chi connectivity index (χ1v) is 5.54. The Labute approximate surface area is 109 Å². The summed E-state index contributed by atoms with van der Waals surface area (Å²) in [6, 6.07) is 4.44. The van der Waals surface area contributed by atoms with E-state index in [-0.39, 0.29) is 13.0 Å². The van der Waals surface area contributed by atoms with E-state index in [9.17, 15) is 14.0 Å². The van der Waals surface area contributed by atoms with Crippen LogP contribution in [0.15, 0.2) is 36.9 Å². The van der Waals surface area contributed by atoms with Crippen LogP contribution < -0.4 is 5.32 Å². The topological polar surface area (TPSA) is 75.6 Å². The lowest BCUT2D eigenvalue weighted by Gasteiger charge is -2.17. The molecule has 0 aliphatic rings. The number of hydrogen-bond acceptors (Lipinski definition) is 3. The average Bonchev–Trinajstić information content (AvgIpc) is 2.36. The Balaban J connectivity index is 2.76. The lowest BCUT2D eigenvalue weighted by molar-refractivity contribution is -0.137. The van der Waals surface area contributed by atoms with E-state index in [1.54, 1.807) is 0 Å². The van der Waals surface area contributed by atoms with Gasteiger partial charge in [-0.2, -0.15) is 0 Å². The van der Waals surface area contributed by atoms with Crippen molar-refractivity contribution in [1.29, 1.82) is 0 Å². The molecule has 102 valence electrons. The highest BCUT2D eigenvalue weighted by atomic mass is 19.1. The molecule has 0 aromatic heterocycles. The van der Waals surface area contributed by atoms with Crippen molar-refractivity contribution >= 4 is 12.1 Å². The second kappa shape index (κ2) is 7.15. The molecule has 1 aromatic carbocycles. The van der Waals surface area contributed by atoms with Gasteiger partial charge in [0.05, 0.1) is 12.5 Å². The summed E-state index contributed by atoms with van der Waals surface area (Å²) in [6.45, 7) is 3.41. The summed E-state index contributed by atoms with van der Waals surface area (Å²) in [5.41, 5.74) is 0.486.